The molecule has 0 unspecified atom stereocenters. The molecule has 1 aromatic rings. The van der Waals surface area contributed by atoms with E-state index in [1.807, 2.05) is 37.4 Å². The maximum absolute atomic E-state index is 5.86. The summed E-state index contributed by atoms with van der Waals surface area (Å²) in [4.78, 5) is 6.40. The van der Waals surface area contributed by atoms with Gasteiger partial charge < -0.3 is 10.2 Å². The molecule has 0 aliphatic rings. The first-order valence-electron chi connectivity index (χ1n) is 6.44. The first kappa shape index (κ1) is 15.6. The van der Waals surface area contributed by atoms with Crippen LogP contribution in [0.4, 0.5) is 0 Å². The van der Waals surface area contributed by atoms with Crippen LogP contribution in [0.5, 0.6) is 0 Å². The Morgan fingerprint density at radius 1 is 1.42 bits per heavy atom. The fraction of sp³-hybridized carbons (Fsp3) is 0.400. The predicted molar refractivity (Wildman–Crippen MR) is 83.7 cm³/mol. The van der Waals surface area contributed by atoms with Gasteiger partial charge in [0.2, 0.25) is 0 Å². The van der Waals surface area contributed by atoms with Gasteiger partial charge in [0.05, 0.1) is 0 Å². The van der Waals surface area contributed by atoms with E-state index in [-0.39, 0.29) is 0 Å². The Morgan fingerprint density at radius 3 is 2.68 bits per heavy atom. The summed E-state index contributed by atoms with van der Waals surface area (Å²) in [6, 6.07) is 7.82. The highest BCUT2D eigenvalue weighted by Crippen LogP contribution is 2.09. The molecule has 104 valence electrons. The molecule has 0 heterocycles. The number of nitrogens with one attached hydrogen (secondary N) is 1. The average molecular weight is 280 g/mol. The number of rotatable bonds is 6. The molecule has 0 spiro atoms. The number of aliphatic imine (C=N–C) groups is 1. The minimum atomic E-state index is 0.746. The van der Waals surface area contributed by atoms with Gasteiger partial charge in [-0.2, -0.15) is 0 Å². The molecular formula is C15H22ClN3. The lowest BCUT2D eigenvalue weighted by Crippen LogP contribution is -2.38. The fourth-order valence-electron chi connectivity index (χ4n) is 1.75. The first-order valence-corrected chi connectivity index (χ1v) is 6.82. The fourth-order valence-corrected chi connectivity index (χ4v) is 1.87. The van der Waals surface area contributed by atoms with Crippen molar-refractivity contribution in [3.05, 3.63) is 47.5 Å². The summed E-state index contributed by atoms with van der Waals surface area (Å²) >= 11 is 5.86. The molecule has 0 fully saturated rings. The Kier molecular flexibility index (Phi) is 7.04. The smallest absolute Gasteiger partial charge is 0.193 e. The maximum Gasteiger partial charge on any atom is 0.193 e. The van der Waals surface area contributed by atoms with Gasteiger partial charge in [0.1, 0.15) is 0 Å². The molecule has 0 aromatic heterocycles. The van der Waals surface area contributed by atoms with Crippen LogP contribution in [0.25, 0.3) is 0 Å². The van der Waals surface area contributed by atoms with Crippen LogP contribution >= 0.6 is 11.6 Å². The SMILES string of the molecule is C=CCCCN(C)C(=NC)NCc1ccc(Cl)cc1. The molecule has 4 heteroatoms. The van der Waals surface area contributed by atoms with Gasteiger partial charge in [-0.3, -0.25) is 4.99 Å². The van der Waals surface area contributed by atoms with Crippen LogP contribution in [0.2, 0.25) is 5.02 Å². The molecule has 0 bridgehead atoms. The minimum Gasteiger partial charge on any atom is -0.352 e. The van der Waals surface area contributed by atoms with Gasteiger partial charge >= 0.3 is 0 Å². The zero-order valence-electron chi connectivity index (χ0n) is 11.7. The number of unbranched alkanes of at least 4 members (excludes halogenated alkanes) is 1. The van der Waals surface area contributed by atoms with Crippen molar-refractivity contribution in [1.29, 1.82) is 0 Å². The van der Waals surface area contributed by atoms with E-state index in [9.17, 15) is 0 Å². The molecule has 19 heavy (non-hydrogen) atoms. The van der Waals surface area contributed by atoms with E-state index in [1.165, 1.54) is 5.56 Å². The van der Waals surface area contributed by atoms with E-state index in [2.05, 4.69) is 21.8 Å². The highest BCUT2D eigenvalue weighted by Gasteiger charge is 2.04. The minimum absolute atomic E-state index is 0.746. The molecule has 1 aromatic carbocycles. The molecule has 0 aliphatic heterocycles. The van der Waals surface area contributed by atoms with E-state index in [0.717, 1.165) is 36.9 Å². The Balaban J connectivity index is 2.44. The lowest BCUT2D eigenvalue weighted by molar-refractivity contribution is 0.470. The second kappa shape index (κ2) is 8.59. The maximum atomic E-state index is 5.86. The summed E-state index contributed by atoms with van der Waals surface area (Å²) in [5.74, 6) is 0.902. The molecule has 0 radical (unpaired) electrons. The predicted octanol–water partition coefficient (Wildman–Crippen LogP) is 3.31. The third-order valence-electron chi connectivity index (χ3n) is 2.84. The second-order valence-corrected chi connectivity index (χ2v) is 4.82. The van der Waals surface area contributed by atoms with Gasteiger partial charge in [0, 0.05) is 32.2 Å². The van der Waals surface area contributed by atoms with Crippen molar-refractivity contribution in [1.82, 2.24) is 10.2 Å². The third-order valence-corrected chi connectivity index (χ3v) is 3.09. The molecule has 1 N–H and O–H groups in total. The number of hydrogen-bond donors (Lipinski definition) is 1. The van der Waals surface area contributed by atoms with E-state index in [0.29, 0.717) is 0 Å². The monoisotopic (exact) mass is 279 g/mol. The molecule has 0 saturated carbocycles. The third kappa shape index (κ3) is 5.79. The van der Waals surface area contributed by atoms with E-state index in [1.54, 1.807) is 7.05 Å². The number of allylic oxidation sites excluding steroid dienone is 1. The summed E-state index contributed by atoms with van der Waals surface area (Å²) in [7, 11) is 3.84. The molecule has 0 aliphatic carbocycles. The van der Waals surface area contributed by atoms with Crippen molar-refractivity contribution in [2.75, 3.05) is 20.6 Å². The topological polar surface area (TPSA) is 27.6 Å². The van der Waals surface area contributed by atoms with Gasteiger partial charge in [-0.1, -0.05) is 29.8 Å². The van der Waals surface area contributed by atoms with E-state index >= 15 is 0 Å². The average Bonchev–Trinajstić information content (AvgIpc) is 2.42. The number of nitrogens with zero attached hydrogens (tertiary/aromatic N) is 2. The van der Waals surface area contributed by atoms with Crippen LogP contribution in [0.1, 0.15) is 18.4 Å². The van der Waals surface area contributed by atoms with Crippen LogP contribution < -0.4 is 5.32 Å². The molecule has 0 saturated heterocycles. The van der Waals surface area contributed by atoms with Gasteiger partial charge in [-0.15, -0.1) is 6.58 Å². The van der Waals surface area contributed by atoms with Crippen molar-refractivity contribution in [3.8, 4) is 0 Å². The van der Waals surface area contributed by atoms with Gasteiger partial charge in [0.25, 0.3) is 0 Å². The standard InChI is InChI=1S/C15H22ClN3/c1-4-5-6-11-19(3)15(17-2)18-12-13-7-9-14(16)10-8-13/h4,7-10H,1,5-6,11-12H2,2-3H3,(H,17,18). The van der Waals surface area contributed by atoms with Crippen LogP contribution in [0.3, 0.4) is 0 Å². The van der Waals surface area contributed by atoms with E-state index in [4.69, 9.17) is 11.6 Å². The quantitative estimate of drug-likeness (QED) is 0.374. The van der Waals surface area contributed by atoms with Crippen molar-refractivity contribution in [2.24, 2.45) is 4.99 Å². The van der Waals surface area contributed by atoms with Crippen LogP contribution in [-0.2, 0) is 6.54 Å². The zero-order valence-corrected chi connectivity index (χ0v) is 12.5. The molecule has 0 atom stereocenters. The summed E-state index contributed by atoms with van der Waals surface area (Å²) < 4.78 is 0. The molecule has 3 nitrogen and oxygen atoms in total. The number of guanidine groups is 1. The summed E-state index contributed by atoms with van der Waals surface area (Å²) in [6.45, 7) is 5.44. The zero-order chi connectivity index (χ0) is 14.1. The Bertz CT molecular complexity index is 412. The summed E-state index contributed by atoms with van der Waals surface area (Å²) in [5, 5.41) is 4.10. The highest BCUT2D eigenvalue weighted by atomic mass is 35.5. The second-order valence-electron chi connectivity index (χ2n) is 4.38. The van der Waals surface area contributed by atoms with Gasteiger partial charge in [-0.25, -0.2) is 0 Å². The number of benzene rings is 1. The Hall–Kier alpha value is -1.48. The number of halogens is 1. The lowest BCUT2D eigenvalue weighted by Gasteiger charge is -2.21. The van der Waals surface area contributed by atoms with Crippen molar-refractivity contribution >= 4 is 17.6 Å². The normalized spacial score (nSPS) is 11.2. The summed E-state index contributed by atoms with van der Waals surface area (Å²) in [5.41, 5.74) is 1.19. The molecule has 0 amide bonds. The number of hydrogen-bond acceptors (Lipinski definition) is 1. The Labute approximate surface area is 121 Å². The first-order chi connectivity index (χ1) is 9.17. The van der Waals surface area contributed by atoms with E-state index < -0.39 is 0 Å². The van der Waals surface area contributed by atoms with Crippen molar-refractivity contribution in [2.45, 2.75) is 19.4 Å². The lowest BCUT2D eigenvalue weighted by atomic mass is 10.2. The summed E-state index contributed by atoms with van der Waals surface area (Å²) in [6.07, 6.45) is 4.05. The van der Waals surface area contributed by atoms with Gasteiger partial charge in [0.15, 0.2) is 5.96 Å². The van der Waals surface area contributed by atoms with Crippen molar-refractivity contribution < 1.29 is 0 Å². The van der Waals surface area contributed by atoms with Gasteiger partial charge in [-0.05, 0) is 30.5 Å². The molecular weight excluding hydrogens is 258 g/mol. The Morgan fingerprint density at radius 2 is 2.11 bits per heavy atom. The van der Waals surface area contributed by atoms with Crippen molar-refractivity contribution in [3.63, 3.8) is 0 Å². The molecule has 1 rings (SSSR count). The van der Waals surface area contributed by atoms with Crippen LogP contribution in [-0.4, -0.2) is 31.5 Å². The van der Waals surface area contributed by atoms with Crippen LogP contribution in [0.15, 0.2) is 41.9 Å². The largest absolute Gasteiger partial charge is 0.352 e. The highest BCUT2D eigenvalue weighted by molar-refractivity contribution is 6.30. The van der Waals surface area contributed by atoms with Crippen LogP contribution in [0, 0.1) is 0 Å².